The van der Waals surface area contributed by atoms with E-state index >= 15 is 4.39 Å². The fraction of sp³-hybridized carbons (Fsp3) is 0.200. The third-order valence-electron chi connectivity index (χ3n) is 6.13. The van der Waals surface area contributed by atoms with Gasteiger partial charge in [0.15, 0.2) is 0 Å². The smallest absolute Gasteiger partial charge is 0.255 e. The van der Waals surface area contributed by atoms with Crippen LogP contribution in [0.5, 0.6) is 0 Å². The van der Waals surface area contributed by atoms with E-state index in [0.29, 0.717) is 22.8 Å². The average Bonchev–Trinajstić information content (AvgIpc) is 3.48. The molecule has 0 bridgehead atoms. The number of anilines is 2. The van der Waals surface area contributed by atoms with Crippen LogP contribution in [0.4, 0.5) is 15.9 Å². The number of hydrogen-bond donors (Lipinski definition) is 2. The van der Waals surface area contributed by atoms with Gasteiger partial charge in [0.1, 0.15) is 23.6 Å². The van der Waals surface area contributed by atoms with Gasteiger partial charge in [0.05, 0.1) is 16.5 Å². The van der Waals surface area contributed by atoms with E-state index in [1.807, 2.05) is 12.3 Å². The average molecular weight is 478 g/mol. The first kappa shape index (κ1) is 22.1. The maximum Gasteiger partial charge on any atom is 0.255 e. The second-order valence-electron chi connectivity index (χ2n) is 8.40. The molecule has 1 fully saturated rings. The molecule has 2 aromatic carbocycles. The van der Waals surface area contributed by atoms with E-state index in [0.717, 1.165) is 47.9 Å². The predicted octanol–water partition coefficient (Wildman–Crippen LogP) is 5.35. The van der Waals surface area contributed by atoms with E-state index in [1.165, 1.54) is 24.5 Å². The Balaban J connectivity index is 1.47. The Morgan fingerprint density at radius 2 is 1.85 bits per heavy atom. The van der Waals surface area contributed by atoms with Crippen molar-refractivity contribution in [3.8, 4) is 11.1 Å². The van der Waals surface area contributed by atoms with Crippen molar-refractivity contribution in [3.05, 3.63) is 77.8 Å². The number of nitrogens with two attached hydrogens (primary N) is 1. The first-order chi connectivity index (χ1) is 16.4. The van der Waals surface area contributed by atoms with Crippen molar-refractivity contribution in [3.63, 3.8) is 0 Å². The molecule has 0 atom stereocenters. The van der Waals surface area contributed by atoms with Crippen LogP contribution in [0.1, 0.15) is 37.3 Å². The van der Waals surface area contributed by atoms with Crippen molar-refractivity contribution >= 4 is 38.6 Å². The fourth-order valence-electron chi connectivity index (χ4n) is 4.47. The Morgan fingerprint density at radius 1 is 1.09 bits per heavy atom. The minimum atomic E-state index is -3.90. The number of fused-ring (bicyclic) bond motifs is 1. The molecule has 0 unspecified atom stereocenters. The van der Waals surface area contributed by atoms with Crippen molar-refractivity contribution in [1.29, 1.82) is 0 Å². The highest BCUT2D eigenvalue weighted by Gasteiger charge is 2.23. The molecule has 7 nitrogen and oxygen atoms in total. The van der Waals surface area contributed by atoms with Crippen molar-refractivity contribution in [2.45, 2.75) is 31.7 Å². The van der Waals surface area contributed by atoms with Crippen LogP contribution in [0.15, 0.2) is 66.5 Å². The van der Waals surface area contributed by atoms with E-state index in [9.17, 15) is 8.42 Å². The summed E-state index contributed by atoms with van der Waals surface area (Å²) >= 11 is 0. The fourth-order valence-corrected chi connectivity index (χ4v) is 5.35. The molecule has 0 spiro atoms. The summed E-state index contributed by atoms with van der Waals surface area (Å²) in [4.78, 5) is 8.57. The zero-order chi connectivity index (χ0) is 23.7. The topological polar surface area (TPSA) is 103 Å². The molecule has 0 amide bonds. The Kier molecular flexibility index (Phi) is 5.79. The lowest BCUT2D eigenvalue weighted by molar-refractivity contribution is 0.532. The number of nitrogens with one attached hydrogen (secondary N) is 1. The number of aromatic nitrogens is 3. The lowest BCUT2D eigenvalue weighted by Crippen LogP contribution is -2.10. The predicted molar refractivity (Wildman–Crippen MR) is 133 cm³/mol. The number of nitrogen functional groups attached to an aromatic ring is 1. The van der Waals surface area contributed by atoms with Gasteiger partial charge in [-0.25, -0.2) is 22.8 Å². The van der Waals surface area contributed by atoms with E-state index in [2.05, 4.69) is 19.3 Å². The van der Waals surface area contributed by atoms with Crippen molar-refractivity contribution in [2.24, 2.45) is 0 Å². The highest BCUT2D eigenvalue weighted by molar-refractivity contribution is 7.95. The number of benzene rings is 2. The molecule has 0 saturated heterocycles. The van der Waals surface area contributed by atoms with Gasteiger partial charge >= 0.3 is 0 Å². The Bertz CT molecular complexity index is 1480. The monoisotopic (exact) mass is 477 g/mol. The summed E-state index contributed by atoms with van der Waals surface area (Å²) in [7, 11) is -3.90. The molecule has 3 N–H and O–H groups in total. The summed E-state index contributed by atoms with van der Waals surface area (Å²) in [6, 6.07) is 13.7. The number of halogens is 1. The number of hydrogen-bond acceptors (Lipinski definition) is 5. The minimum Gasteiger partial charge on any atom is -0.383 e. The normalized spacial score (nSPS) is 14.9. The molecule has 0 aliphatic heterocycles. The summed E-state index contributed by atoms with van der Waals surface area (Å²) in [5.41, 5.74) is 8.79. The van der Waals surface area contributed by atoms with Gasteiger partial charge in [-0.15, -0.1) is 0 Å². The van der Waals surface area contributed by atoms with Crippen LogP contribution in [0.3, 0.4) is 0 Å². The van der Waals surface area contributed by atoms with E-state index < -0.39 is 15.8 Å². The number of nitrogens with zero attached hydrogens (tertiary/aromatic N) is 3. The molecule has 5 rings (SSSR count). The molecule has 4 aromatic rings. The maximum atomic E-state index is 15.0. The van der Waals surface area contributed by atoms with Gasteiger partial charge in [0, 0.05) is 17.8 Å². The maximum absolute atomic E-state index is 15.0. The third-order valence-corrected chi connectivity index (χ3v) is 7.13. The van der Waals surface area contributed by atoms with Gasteiger partial charge in [-0.3, -0.25) is 4.72 Å². The molecule has 1 aliphatic rings. The second kappa shape index (κ2) is 8.90. The van der Waals surface area contributed by atoms with Gasteiger partial charge < -0.3 is 10.3 Å². The van der Waals surface area contributed by atoms with Crippen LogP contribution < -0.4 is 10.5 Å². The quantitative estimate of drug-likeness (QED) is 0.390. The molecule has 2 aromatic heterocycles. The standard InChI is InChI=1S/C25H24FN5O2S/c26-21-14-18(10-11-22(21)30-34(32,33)13-12-17-6-2-1-3-7-17)20-15-31(19-8-4-5-9-19)25-23(20)24(27)28-16-29-25/h1-3,6-7,10-16,19,30H,4-5,8-9H2,(H2,27,28,29). The van der Waals surface area contributed by atoms with Crippen LogP contribution in [-0.2, 0) is 10.0 Å². The molecule has 1 aliphatic carbocycles. The number of rotatable bonds is 6. The first-order valence-corrected chi connectivity index (χ1v) is 12.6. The summed E-state index contributed by atoms with van der Waals surface area (Å²) in [5, 5.41) is 1.69. The summed E-state index contributed by atoms with van der Waals surface area (Å²) in [5.74, 6) is -0.362. The van der Waals surface area contributed by atoms with Crippen molar-refractivity contribution in [1.82, 2.24) is 14.5 Å². The molecular weight excluding hydrogens is 453 g/mol. The van der Waals surface area contributed by atoms with Crippen LogP contribution in [0, 0.1) is 5.82 Å². The molecule has 0 radical (unpaired) electrons. The van der Waals surface area contributed by atoms with Gasteiger partial charge in [-0.2, -0.15) is 0 Å². The lowest BCUT2D eigenvalue weighted by atomic mass is 10.1. The van der Waals surface area contributed by atoms with E-state index in [4.69, 9.17) is 5.73 Å². The molecular formula is C25H24FN5O2S. The number of sulfonamides is 1. The Labute approximate surface area is 197 Å². The molecule has 34 heavy (non-hydrogen) atoms. The van der Waals surface area contributed by atoms with Crippen LogP contribution in [-0.4, -0.2) is 23.0 Å². The molecule has 174 valence electrons. The zero-order valence-electron chi connectivity index (χ0n) is 18.4. The third kappa shape index (κ3) is 4.38. The Morgan fingerprint density at radius 3 is 2.59 bits per heavy atom. The van der Waals surface area contributed by atoms with Crippen molar-refractivity contribution < 1.29 is 12.8 Å². The Hall–Kier alpha value is -3.72. The first-order valence-electron chi connectivity index (χ1n) is 11.1. The van der Waals surface area contributed by atoms with Gasteiger partial charge in [0.2, 0.25) is 0 Å². The highest BCUT2D eigenvalue weighted by Crippen LogP contribution is 2.39. The van der Waals surface area contributed by atoms with Crippen LogP contribution in [0.2, 0.25) is 0 Å². The van der Waals surface area contributed by atoms with Gasteiger partial charge in [0.25, 0.3) is 10.0 Å². The van der Waals surface area contributed by atoms with Gasteiger partial charge in [-0.1, -0.05) is 49.2 Å². The van der Waals surface area contributed by atoms with Crippen LogP contribution >= 0.6 is 0 Å². The largest absolute Gasteiger partial charge is 0.383 e. The van der Waals surface area contributed by atoms with E-state index in [1.54, 1.807) is 30.3 Å². The minimum absolute atomic E-state index is 0.134. The second-order valence-corrected chi connectivity index (χ2v) is 9.97. The van der Waals surface area contributed by atoms with Gasteiger partial charge in [-0.05, 0) is 42.2 Å². The molecule has 9 heteroatoms. The van der Waals surface area contributed by atoms with Crippen molar-refractivity contribution in [2.75, 3.05) is 10.5 Å². The zero-order valence-corrected chi connectivity index (χ0v) is 19.2. The molecule has 2 heterocycles. The highest BCUT2D eigenvalue weighted by atomic mass is 32.2. The summed E-state index contributed by atoms with van der Waals surface area (Å²) in [6.07, 6.45) is 9.26. The lowest BCUT2D eigenvalue weighted by Gasteiger charge is -2.12. The van der Waals surface area contributed by atoms with Crippen LogP contribution in [0.25, 0.3) is 28.2 Å². The summed E-state index contributed by atoms with van der Waals surface area (Å²) in [6.45, 7) is 0. The molecule has 1 saturated carbocycles. The van der Waals surface area contributed by atoms with E-state index in [-0.39, 0.29) is 5.69 Å². The summed E-state index contributed by atoms with van der Waals surface area (Å²) < 4.78 is 44.3. The SMILES string of the molecule is Nc1ncnc2c1c(-c1ccc(NS(=O)(=O)C=Cc3ccccc3)c(F)c1)cn2C1CCCC1.